The van der Waals surface area contributed by atoms with Gasteiger partial charge in [-0.1, -0.05) is 33.6 Å². The Labute approximate surface area is 231 Å². The summed E-state index contributed by atoms with van der Waals surface area (Å²) in [5.74, 6) is -7.80. The molecule has 0 heterocycles. The van der Waals surface area contributed by atoms with Crippen LogP contribution in [0.15, 0.2) is 36.5 Å². The summed E-state index contributed by atoms with van der Waals surface area (Å²) in [6.07, 6.45) is -1.21. The summed E-state index contributed by atoms with van der Waals surface area (Å²) in [4.78, 5) is 43.6. The van der Waals surface area contributed by atoms with Gasteiger partial charge in [0.05, 0.1) is 7.11 Å². The van der Waals surface area contributed by atoms with Gasteiger partial charge < -0.3 is 18.9 Å². The van der Waals surface area contributed by atoms with Gasteiger partial charge in [-0.2, -0.15) is 22.0 Å². The van der Waals surface area contributed by atoms with Gasteiger partial charge in [-0.3, -0.25) is 0 Å². The smallest absolute Gasteiger partial charge is 0.422 e. The average Bonchev–Trinajstić information content (AvgIpc) is 3.33. The Hall–Kier alpha value is -3.25. The largest absolute Gasteiger partial charge is 0.464 e. The van der Waals surface area contributed by atoms with Crippen molar-refractivity contribution in [2.75, 3.05) is 13.7 Å². The number of rotatable bonds is 10. The van der Waals surface area contributed by atoms with Crippen LogP contribution in [0.2, 0.25) is 0 Å². The van der Waals surface area contributed by atoms with Crippen LogP contribution in [0, 0.1) is 0 Å². The lowest BCUT2D eigenvalue weighted by molar-refractivity contribution is -0.194. The van der Waals surface area contributed by atoms with E-state index in [2.05, 4.69) is 40.9 Å². The van der Waals surface area contributed by atoms with Crippen LogP contribution in [-0.2, 0) is 38.1 Å². The molecule has 0 spiro atoms. The first-order valence-electron chi connectivity index (χ1n) is 12.3. The van der Waals surface area contributed by atoms with Crippen LogP contribution in [0.4, 0.5) is 22.0 Å². The fourth-order valence-electron chi connectivity index (χ4n) is 3.01. The number of hydrogen-bond donors (Lipinski definition) is 0. The van der Waals surface area contributed by atoms with Gasteiger partial charge in [0.15, 0.2) is 12.7 Å². The topological polar surface area (TPSA) is 105 Å². The van der Waals surface area contributed by atoms with Gasteiger partial charge in [0, 0.05) is 16.7 Å². The van der Waals surface area contributed by atoms with E-state index in [1.54, 1.807) is 6.92 Å². The van der Waals surface area contributed by atoms with Crippen molar-refractivity contribution >= 4 is 23.9 Å². The molecule has 13 heteroatoms. The van der Waals surface area contributed by atoms with Gasteiger partial charge >= 0.3 is 36.0 Å². The Morgan fingerprint density at radius 3 is 1.60 bits per heavy atom. The normalized spacial score (nSPS) is 14.6. The molecule has 0 radical (unpaired) electrons. The highest BCUT2D eigenvalue weighted by Gasteiger charge is 2.50. The number of alkyl halides is 5. The van der Waals surface area contributed by atoms with Crippen molar-refractivity contribution in [1.29, 1.82) is 0 Å². The van der Waals surface area contributed by atoms with E-state index in [4.69, 9.17) is 4.74 Å². The molecule has 0 aromatic heterocycles. The SMILES string of the molecule is C=C(C)C(=O)OC(CC)C(F)(F)C(=O)OC.C=C(C)C(=O)OC1(CC)CCCC1.C=C(C)C(=O)OCC(F)(F)F. The van der Waals surface area contributed by atoms with Crippen LogP contribution >= 0.6 is 0 Å². The number of halogens is 5. The van der Waals surface area contributed by atoms with Gasteiger partial charge in [0.1, 0.15) is 5.60 Å². The molecule has 0 aromatic rings. The second-order valence-corrected chi connectivity index (χ2v) is 9.08. The number of hydrogen-bond acceptors (Lipinski definition) is 8. The van der Waals surface area contributed by atoms with E-state index in [-0.39, 0.29) is 29.1 Å². The minimum absolute atomic E-state index is 0.0147. The third-order valence-corrected chi connectivity index (χ3v) is 5.36. The summed E-state index contributed by atoms with van der Waals surface area (Å²) >= 11 is 0. The lowest BCUT2D eigenvalue weighted by Gasteiger charge is -2.27. The number of carbonyl (C=O) groups excluding carboxylic acids is 4. The Morgan fingerprint density at radius 2 is 1.27 bits per heavy atom. The zero-order chi connectivity index (χ0) is 31.9. The minimum Gasteiger partial charge on any atom is -0.464 e. The number of ether oxygens (including phenoxy) is 4. The van der Waals surface area contributed by atoms with E-state index >= 15 is 0 Å². The van der Waals surface area contributed by atoms with E-state index in [1.807, 2.05) is 0 Å². The van der Waals surface area contributed by atoms with Gasteiger partial charge in [-0.05, 0) is 59.3 Å². The highest BCUT2D eigenvalue weighted by Crippen LogP contribution is 2.36. The van der Waals surface area contributed by atoms with Crippen molar-refractivity contribution in [3.63, 3.8) is 0 Å². The molecular formula is C27H39F5O8. The van der Waals surface area contributed by atoms with Crippen LogP contribution < -0.4 is 0 Å². The third kappa shape index (κ3) is 14.8. The molecule has 0 aromatic carbocycles. The first-order valence-corrected chi connectivity index (χ1v) is 12.3. The van der Waals surface area contributed by atoms with E-state index in [1.165, 1.54) is 33.6 Å². The molecule has 40 heavy (non-hydrogen) atoms. The van der Waals surface area contributed by atoms with Crippen molar-refractivity contribution in [3.8, 4) is 0 Å². The minimum atomic E-state index is -4.47. The Kier molecular flexibility index (Phi) is 17.0. The highest BCUT2D eigenvalue weighted by molar-refractivity contribution is 5.88. The van der Waals surface area contributed by atoms with Gasteiger partial charge in [0.25, 0.3) is 0 Å². The van der Waals surface area contributed by atoms with Crippen molar-refractivity contribution in [1.82, 2.24) is 0 Å². The van der Waals surface area contributed by atoms with Crippen LogP contribution in [0.5, 0.6) is 0 Å². The molecule has 8 nitrogen and oxygen atoms in total. The monoisotopic (exact) mass is 586 g/mol. The Bertz CT molecular complexity index is 918. The zero-order valence-electron chi connectivity index (χ0n) is 23.8. The summed E-state index contributed by atoms with van der Waals surface area (Å²) in [6, 6.07) is 0. The molecule has 0 amide bonds. The molecule has 230 valence electrons. The molecule has 1 unspecified atom stereocenters. The Morgan fingerprint density at radius 1 is 0.825 bits per heavy atom. The molecule has 1 rings (SSSR count). The molecule has 0 aliphatic heterocycles. The van der Waals surface area contributed by atoms with Crippen LogP contribution in [0.1, 0.15) is 73.1 Å². The quantitative estimate of drug-likeness (QED) is 0.129. The second-order valence-electron chi connectivity index (χ2n) is 9.08. The van der Waals surface area contributed by atoms with Gasteiger partial charge in [0.2, 0.25) is 0 Å². The standard InChI is InChI=1S/C11H18O2.C10H14F2O4.C6H7F3O2/c1-4-11(7-5-6-8-11)13-10(12)9(2)3;1-5-7(16-8(13)6(2)3)10(11,12)9(14)15-4;1-4(2)5(10)11-3-6(7,8)9/h2,4-8H2,1,3H3;7H,2,5H2,1,3-4H3;1,3H2,2H3. The number of methoxy groups -OCH3 is 1. The summed E-state index contributed by atoms with van der Waals surface area (Å²) in [6.45, 7) is 16.1. The van der Waals surface area contributed by atoms with Crippen molar-refractivity contribution in [3.05, 3.63) is 36.5 Å². The number of esters is 4. The van der Waals surface area contributed by atoms with E-state index in [9.17, 15) is 41.1 Å². The summed E-state index contributed by atoms with van der Waals surface area (Å²) in [5.41, 5.74) is 0.267. The molecule has 1 saturated carbocycles. The summed E-state index contributed by atoms with van der Waals surface area (Å²) in [7, 11) is 0.837. The maximum Gasteiger partial charge on any atom is 0.422 e. The second kappa shape index (κ2) is 17.4. The van der Waals surface area contributed by atoms with Crippen LogP contribution in [-0.4, -0.2) is 61.4 Å². The fourth-order valence-corrected chi connectivity index (χ4v) is 3.01. The maximum atomic E-state index is 13.3. The van der Waals surface area contributed by atoms with Gasteiger partial charge in [-0.25, -0.2) is 19.2 Å². The van der Waals surface area contributed by atoms with Crippen LogP contribution in [0.3, 0.4) is 0 Å². The lowest BCUT2D eigenvalue weighted by atomic mass is 9.99. The van der Waals surface area contributed by atoms with Crippen molar-refractivity contribution < 1.29 is 60.1 Å². The zero-order valence-corrected chi connectivity index (χ0v) is 23.8. The maximum absolute atomic E-state index is 13.3. The highest BCUT2D eigenvalue weighted by atomic mass is 19.4. The van der Waals surface area contributed by atoms with E-state index < -0.39 is 42.7 Å². The van der Waals surface area contributed by atoms with Crippen molar-refractivity contribution in [2.24, 2.45) is 0 Å². The number of carbonyl (C=O) groups is 4. The van der Waals surface area contributed by atoms with Crippen molar-refractivity contribution in [2.45, 2.75) is 96.9 Å². The first kappa shape index (κ1) is 38.9. The van der Waals surface area contributed by atoms with E-state index in [0.717, 1.165) is 26.4 Å². The third-order valence-electron chi connectivity index (χ3n) is 5.36. The molecule has 1 fully saturated rings. The predicted molar refractivity (Wildman–Crippen MR) is 136 cm³/mol. The van der Waals surface area contributed by atoms with E-state index in [0.29, 0.717) is 5.57 Å². The average molecular weight is 587 g/mol. The molecular weight excluding hydrogens is 547 g/mol. The first-order chi connectivity index (χ1) is 18.2. The van der Waals surface area contributed by atoms with Gasteiger partial charge in [-0.15, -0.1) is 0 Å². The molecule has 0 N–H and O–H groups in total. The molecule has 1 aliphatic rings. The molecule has 0 bridgehead atoms. The summed E-state index contributed by atoms with van der Waals surface area (Å²) in [5, 5.41) is 0. The summed E-state index contributed by atoms with van der Waals surface area (Å²) < 4.78 is 78.4. The Balaban J connectivity index is 0. The fraction of sp³-hybridized carbons (Fsp3) is 0.630. The van der Waals surface area contributed by atoms with Crippen LogP contribution in [0.25, 0.3) is 0 Å². The lowest BCUT2D eigenvalue weighted by Crippen LogP contribution is -2.44. The molecule has 1 atom stereocenters. The predicted octanol–water partition coefficient (Wildman–Crippen LogP) is 6.19. The molecule has 0 saturated heterocycles. The molecule has 1 aliphatic carbocycles.